The molecule has 76 valence electrons. The van der Waals surface area contributed by atoms with Gasteiger partial charge in [-0.05, 0) is 26.0 Å². The highest BCUT2D eigenvalue weighted by Gasteiger charge is 2.28. The van der Waals surface area contributed by atoms with E-state index in [-0.39, 0.29) is 0 Å². The van der Waals surface area contributed by atoms with Crippen LogP contribution in [-0.4, -0.2) is 20.8 Å². The number of thioether (sulfide) groups is 1. The first kappa shape index (κ1) is 11.0. The minimum absolute atomic E-state index is 0.428. The molecule has 0 aromatic carbocycles. The first-order chi connectivity index (χ1) is 6.42. The van der Waals surface area contributed by atoms with E-state index in [4.69, 9.17) is 5.11 Å². The molecule has 0 saturated carbocycles. The maximum atomic E-state index is 12.5. The van der Waals surface area contributed by atoms with Crippen LogP contribution >= 0.6 is 11.8 Å². The van der Waals surface area contributed by atoms with Crippen LogP contribution in [0.4, 0.5) is 4.39 Å². The maximum Gasteiger partial charge on any atom is 0.319 e. The fourth-order valence-corrected chi connectivity index (χ4v) is 1.58. The SMILES string of the molecule is CC(C)(Sc1ccc(F)cn1)C(=O)O. The van der Waals surface area contributed by atoms with Crippen LogP contribution in [0.2, 0.25) is 0 Å². The molecule has 0 aliphatic heterocycles. The summed E-state index contributed by atoms with van der Waals surface area (Å²) in [7, 11) is 0. The molecule has 5 heteroatoms. The molecule has 0 bridgehead atoms. The Morgan fingerprint density at radius 3 is 2.64 bits per heavy atom. The first-order valence-electron chi connectivity index (χ1n) is 3.96. The summed E-state index contributed by atoms with van der Waals surface area (Å²) in [6, 6.07) is 2.72. The van der Waals surface area contributed by atoms with E-state index in [1.807, 2.05) is 0 Å². The second kappa shape index (κ2) is 3.96. The average molecular weight is 215 g/mol. The maximum absolute atomic E-state index is 12.5. The zero-order valence-electron chi connectivity index (χ0n) is 7.82. The molecule has 0 saturated heterocycles. The Kier molecular flexibility index (Phi) is 3.10. The van der Waals surface area contributed by atoms with Gasteiger partial charge in [0.15, 0.2) is 0 Å². The number of halogens is 1. The van der Waals surface area contributed by atoms with Crippen molar-refractivity contribution in [3.05, 3.63) is 24.1 Å². The summed E-state index contributed by atoms with van der Waals surface area (Å²) in [5.74, 6) is -1.35. The Bertz CT molecular complexity index is 337. The third kappa shape index (κ3) is 2.70. The predicted molar refractivity (Wildman–Crippen MR) is 51.8 cm³/mol. The topological polar surface area (TPSA) is 50.2 Å². The van der Waals surface area contributed by atoms with E-state index >= 15 is 0 Å². The van der Waals surface area contributed by atoms with E-state index in [0.29, 0.717) is 5.03 Å². The summed E-state index contributed by atoms with van der Waals surface area (Å²) in [4.78, 5) is 14.5. The lowest BCUT2D eigenvalue weighted by Gasteiger charge is -2.17. The molecule has 1 rings (SSSR count). The summed E-state index contributed by atoms with van der Waals surface area (Å²) >= 11 is 1.09. The van der Waals surface area contributed by atoms with Crippen LogP contribution in [0.1, 0.15) is 13.8 Å². The Balaban J connectivity index is 2.79. The summed E-state index contributed by atoms with van der Waals surface area (Å²) < 4.78 is 11.5. The highest BCUT2D eigenvalue weighted by molar-refractivity contribution is 8.01. The second-order valence-electron chi connectivity index (χ2n) is 3.23. The van der Waals surface area contributed by atoms with E-state index in [1.54, 1.807) is 13.8 Å². The normalized spacial score (nSPS) is 11.4. The van der Waals surface area contributed by atoms with Crippen LogP contribution in [0.5, 0.6) is 0 Å². The van der Waals surface area contributed by atoms with Gasteiger partial charge in [0, 0.05) is 0 Å². The molecule has 1 N–H and O–H groups in total. The first-order valence-corrected chi connectivity index (χ1v) is 4.77. The van der Waals surface area contributed by atoms with Crippen molar-refractivity contribution in [2.45, 2.75) is 23.6 Å². The Labute approximate surface area is 85.4 Å². The highest BCUT2D eigenvalue weighted by atomic mass is 32.2. The van der Waals surface area contributed by atoms with Gasteiger partial charge in [-0.3, -0.25) is 4.79 Å². The minimum Gasteiger partial charge on any atom is -0.480 e. The number of carbonyl (C=O) groups is 1. The molecule has 0 aliphatic carbocycles. The number of pyridine rings is 1. The van der Waals surface area contributed by atoms with Crippen LogP contribution in [0, 0.1) is 5.82 Å². The van der Waals surface area contributed by atoms with Gasteiger partial charge in [-0.15, -0.1) is 0 Å². The molecule has 0 fully saturated rings. The van der Waals surface area contributed by atoms with Crippen LogP contribution in [0.25, 0.3) is 0 Å². The zero-order valence-corrected chi connectivity index (χ0v) is 8.64. The largest absolute Gasteiger partial charge is 0.480 e. The number of rotatable bonds is 3. The van der Waals surface area contributed by atoms with Gasteiger partial charge in [0.2, 0.25) is 0 Å². The van der Waals surface area contributed by atoms with Gasteiger partial charge >= 0.3 is 5.97 Å². The van der Waals surface area contributed by atoms with Crippen molar-refractivity contribution < 1.29 is 14.3 Å². The van der Waals surface area contributed by atoms with Crippen LogP contribution in [0.15, 0.2) is 23.4 Å². The smallest absolute Gasteiger partial charge is 0.319 e. The number of aromatic nitrogens is 1. The molecule has 0 spiro atoms. The number of hydrogen-bond acceptors (Lipinski definition) is 3. The highest BCUT2D eigenvalue weighted by Crippen LogP contribution is 2.30. The summed E-state index contributed by atoms with van der Waals surface area (Å²) in [6.07, 6.45) is 1.07. The van der Waals surface area contributed by atoms with Gasteiger partial charge in [0.05, 0.1) is 11.2 Å². The lowest BCUT2D eigenvalue weighted by Crippen LogP contribution is -2.27. The zero-order chi connectivity index (χ0) is 10.8. The van der Waals surface area contributed by atoms with Gasteiger partial charge in [0.1, 0.15) is 10.6 Å². The Morgan fingerprint density at radius 1 is 1.57 bits per heavy atom. The molecule has 1 heterocycles. The van der Waals surface area contributed by atoms with Gasteiger partial charge in [0.25, 0.3) is 0 Å². The standard InChI is InChI=1S/C9H10FNO2S/c1-9(2,8(12)13)14-7-4-3-6(10)5-11-7/h3-5H,1-2H3,(H,12,13). The molecule has 0 atom stereocenters. The lowest BCUT2D eigenvalue weighted by atomic mass is 10.2. The molecule has 1 aromatic rings. The Morgan fingerprint density at radius 2 is 2.21 bits per heavy atom. The van der Waals surface area contributed by atoms with Gasteiger partial charge in [-0.2, -0.15) is 0 Å². The third-order valence-electron chi connectivity index (χ3n) is 1.58. The van der Waals surface area contributed by atoms with Crippen LogP contribution < -0.4 is 0 Å². The number of aliphatic carboxylic acids is 1. The van der Waals surface area contributed by atoms with Crippen molar-refractivity contribution in [2.24, 2.45) is 0 Å². The van der Waals surface area contributed by atoms with Gasteiger partial charge in [-0.25, -0.2) is 9.37 Å². The lowest BCUT2D eigenvalue weighted by molar-refractivity contribution is -0.138. The molecule has 14 heavy (non-hydrogen) atoms. The molecule has 0 radical (unpaired) electrons. The van der Waals surface area contributed by atoms with Gasteiger partial charge < -0.3 is 5.11 Å². The fourth-order valence-electron chi connectivity index (χ4n) is 0.728. The molecule has 0 amide bonds. The van der Waals surface area contributed by atoms with Crippen molar-refractivity contribution in [1.29, 1.82) is 0 Å². The Hall–Kier alpha value is -1.10. The molecular formula is C9H10FNO2S. The van der Waals surface area contributed by atoms with E-state index < -0.39 is 16.5 Å². The number of hydrogen-bond donors (Lipinski definition) is 1. The molecule has 3 nitrogen and oxygen atoms in total. The van der Waals surface area contributed by atoms with E-state index in [0.717, 1.165) is 18.0 Å². The predicted octanol–water partition coefficient (Wildman–Crippen LogP) is 2.18. The van der Waals surface area contributed by atoms with Crippen LogP contribution in [-0.2, 0) is 4.79 Å². The van der Waals surface area contributed by atoms with Crippen molar-refractivity contribution >= 4 is 17.7 Å². The van der Waals surface area contributed by atoms with Gasteiger partial charge in [-0.1, -0.05) is 11.8 Å². The molecule has 0 unspecified atom stereocenters. The van der Waals surface area contributed by atoms with Crippen LogP contribution in [0.3, 0.4) is 0 Å². The quantitative estimate of drug-likeness (QED) is 0.785. The van der Waals surface area contributed by atoms with E-state index in [9.17, 15) is 9.18 Å². The van der Waals surface area contributed by atoms with E-state index in [2.05, 4.69) is 4.98 Å². The molecule has 0 aliphatic rings. The second-order valence-corrected chi connectivity index (χ2v) is 4.88. The number of carboxylic acids is 1. The summed E-state index contributed by atoms with van der Waals surface area (Å²) in [5, 5.41) is 9.33. The average Bonchev–Trinajstić information content (AvgIpc) is 2.08. The molecular weight excluding hydrogens is 205 g/mol. The minimum atomic E-state index is -0.954. The van der Waals surface area contributed by atoms with Crippen molar-refractivity contribution in [1.82, 2.24) is 4.98 Å². The molecule has 1 aromatic heterocycles. The van der Waals surface area contributed by atoms with Crippen molar-refractivity contribution in [3.63, 3.8) is 0 Å². The fraction of sp³-hybridized carbons (Fsp3) is 0.333. The van der Waals surface area contributed by atoms with Crippen molar-refractivity contribution in [2.75, 3.05) is 0 Å². The number of carboxylic acid groups (broad SMARTS) is 1. The van der Waals surface area contributed by atoms with E-state index in [1.165, 1.54) is 12.1 Å². The summed E-state index contributed by atoms with van der Waals surface area (Å²) in [5.41, 5.74) is 0. The number of nitrogens with zero attached hydrogens (tertiary/aromatic N) is 1. The monoisotopic (exact) mass is 215 g/mol. The van der Waals surface area contributed by atoms with Crippen molar-refractivity contribution in [3.8, 4) is 0 Å². The third-order valence-corrected chi connectivity index (χ3v) is 2.71. The summed E-state index contributed by atoms with van der Waals surface area (Å²) in [6.45, 7) is 3.15.